The van der Waals surface area contributed by atoms with Gasteiger partial charge in [0.15, 0.2) is 0 Å². The molecule has 0 aromatic carbocycles. The molecule has 0 aliphatic rings. The topological polar surface area (TPSA) is 116 Å². The second kappa shape index (κ2) is 9.56. The minimum Gasteiger partial charge on any atom is -0.481 e. The largest absolute Gasteiger partial charge is 0.481 e. The Morgan fingerprint density at radius 2 is 1.90 bits per heavy atom. The fourth-order valence-electron chi connectivity index (χ4n) is 1.68. The van der Waals surface area contributed by atoms with Crippen LogP contribution in [0.3, 0.4) is 0 Å². The Hall–Kier alpha value is -1.35. The maximum Gasteiger partial charge on any atom is 0.317 e. The van der Waals surface area contributed by atoms with Gasteiger partial charge in [0.2, 0.25) is 10.0 Å². The first-order chi connectivity index (χ1) is 9.69. The lowest BCUT2D eigenvalue weighted by Crippen LogP contribution is -2.46. The molecule has 0 saturated heterocycles. The number of carboxylic acids is 1. The van der Waals surface area contributed by atoms with E-state index in [4.69, 9.17) is 5.11 Å². The second-order valence-corrected chi connectivity index (χ2v) is 6.76. The summed E-state index contributed by atoms with van der Waals surface area (Å²) in [6.07, 6.45) is 0.349. The van der Waals surface area contributed by atoms with E-state index in [0.29, 0.717) is 19.5 Å². The number of hydrogen-bond acceptors (Lipinski definition) is 4. The van der Waals surface area contributed by atoms with Crippen molar-refractivity contribution >= 4 is 22.0 Å². The third-order valence-corrected chi connectivity index (χ3v) is 4.16. The van der Waals surface area contributed by atoms with Gasteiger partial charge < -0.3 is 15.3 Å². The van der Waals surface area contributed by atoms with E-state index in [2.05, 4.69) is 10.0 Å². The summed E-state index contributed by atoms with van der Waals surface area (Å²) in [5.41, 5.74) is 0. The van der Waals surface area contributed by atoms with Gasteiger partial charge in [-0.15, -0.1) is 0 Å². The van der Waals surface area contributed by atoms with Crippen LogP contribution in [0.1, 0.15) is 33.6 Å². The summed E-state index contributed by atoms with van der Waals surface area (Å²) in [6.45, 7) is 5.94. The summed E-state index contributed by atoms with van der Waals surface area (Å²) in [5.74, 6) is -1.09. The highest BCUT2D eigenvalue weighted by atomic mass is 32.2. The number of carbonyl (C=O) groups excluding carboxylic acids is 1. The number of hydrogen-bond donors (Lipinski definition) is 3. The molecule has 0 radical (unpaired) electrons. The van der Waals surface area contributed by atoms with Gasteiger partial charge in [0.25, 0.3) is 0 Å². The average Bonchev–Trinajstić information content (AvgIpc) is 2.33. The van der Waals surface area contributed by atoms with Gasteiger partial charge in [0, 0.05) is 32.1 Å². The van der Waals surface area contributed by atoms with Crippen LogP contribution in [0.5, 0.6) is 0 Å². The molecule has 0 fully saturated rings. The Balaban J connectivity index is 4.27. The Bertz CT molecular complexity index is 436. The van der Waals surface area contributed by atoms with Crippen molar-refractivity contribution in [3.8, 4) is 0 Å². The van der Waals surface area contributed by atoms with Crippen LogP contribution in [-0.4, -0.2) is 61.9 Å². The molecule has 21 heavy (non-hydrogen) atoms. The van der Waals surface area contributed by atoms with E-state index < -0.39 is 16.0 Å². The van der Waals surface area contributed by atoms with Crippen molar-refractivity contribution in [2.75, 3.05) is 25.4 Å². The molecule has 0 atom stereocenters. The molecule has 0 aliphatic heterocycles. The van der Waals surface area contributed by atoms with Crippen molar-refractivity contribution < 1.29 is 23.1 Å². The predicted octanol–water partition coefficient (Wildman–Crippen LogP) is 0.211. The van der Waals surface area contributed by atoms with E-state index in [1.807, 2.05) is 13.8 Å². The van der Waals surface area contributed by atoms with E-state index in [1.165, 1.54) is 4.90 Å². The summed E-state index contributed by atoms with van der Waals surface area (Å²) in [5, 5.41) is 11.1. The number of rotatable bonds is 10. The molecule has 0 saturated carbocycles. The van der Waals surface area contributed by atoms with Gasteiger partial charge in [-0.05, 0) is 20.3 Å². The highest BCUT2D eigenvalue weighted by Crippen LogP contribution is 2.02. The van der Waals surface area contributed by atoms with Crippen LogP contribution < -0.4 is 10.0 Å². The van der Waals surface area contributed by atoms with Gasteiger partial charge in [-0.2, -0.15) is 0 Å². The summed E-state index contributed by atoms with van der Waals surface area (Å²) in [7, 11) is -3.36. The fourth-order valence-corrected chi connectivity index (χ4v) is 2.64. The summed E-state index contributed by atoms with van der Waals surface area (Å²) >= 11 is 0. The van der Waals surface area contributed by atoms with Crippen LogP contribution in [0, 0.1) is 0 Å². The average molecular weight is 323 g/mol. The summed E-state index contributed by atoms with van der Waals surface area (Å²) in [4.78, 5) is 23.9. The minimum absolute atomic E-state index is 0.00863. The first-order valence-corrected chi connectivity index (χ1v) is 8.58. The molecule has 124 valence electrons. The number of amides is 2. The number of nitrogens with one attached hydrogen (secondary N) is 2. The molecular weight excluding hydrogens is 298 g/mol. The number of aliphatic carboxylic acids is 1. The highest BCUT2D eigenvalue weighted by Gasteiger charge is 2.17. The lowest BCUT2D eigenvalue weighted by Gasteiger charge is -2.26. The second-order valence-electron chi connectivity index (χ2n) is 4.83. The highest BCUT2D eigenvalue weighted by molar-refractivity contribution is 7.89. The van der Waals surface area contributed by atoms with Crippen LogP contribution in [0.15, 0.2) is 0 Å². The maximum atomic E-state index is 12.0. The molecule has 0 heterocycles. The van der Waals surface area contributed by atoms with Gasteiger partial charge in [-0.1, -0.05) is 6.92 Å². The third-order valence-electron chi connectivity index (χ3n) is 2.69. The quantitative estimate of drug-likeness (QED) is 0.531. The lowest BCUT2D eigenvalue weighted by molar-refractivity contribution is -0.137. The van der Waals surface area contributed by atoms with E-state index in [9.17, 15) is 18.0 Å². The van der Waals surface area contributed by atoms with Crippen LogP contribution >= 0.6 is 0 Å². The van der Waals surface area contributed by atoms with E-state index >= 15 is 0 Å². The third kappa shape index (κ3) is 9.24. The molecule has 0 spiro atoms. The molecule has 0 aliphatic carbocycles. The molecule has 3 N–H and O–H groups in total. The first-order valence-electron chi connectivity index (χ1n) is 6.93. The number of urea groups is 1. The minimum atomic E-state index is -3.36. The van der Waals surface area contributed by atoms with Crippen molar-refractivity contribution in [3.05, 3.63) is 0 Å². The fraction of sp³-hybridized carbons (Fsp3) is 0.833. The van der Waals surface area contributed by atoms with Crippen molar-refractivity contribution in [3.63, 3.8) is 0 Å². The number of sulfonamides is 1. The standard InChI is InChI=1S/C12H25N3O5S/c1-4-14-21(19,20)9-7-13-12(18)15(10(2)3)8-5-6-11(16)17/h10,14H,4-9H2,1-3H3,(H,13,18)(H,16,17). The zero-order valence-electron chi connectivity index (χ0n) is 12.8. The summed E-state index contributed by atoms with van der Waals surface area (Å²) in [6, 6.07) is -0.480. The molecule has 0 bridgehead atoms. The van der Waals surface area contributed by atoms with Crippen LogP contribution in [0.2, 0.25) is 0 Å². The van der Waals surface area contributed by atoms with Crippen molar-refractivity contribution in [2.45, 2.75) is 39.7 Å². The smallest absolute Gasteiger partial charge is 0.317 e. The van der Waals surface area contributed by atoms with Gasteiger partial charge >= 0.3 is 12.0 Å². The zero-order valence-corrected chi connectivity index (χ0v) is 13.6. The molecule has 8 nitrogen and oxygen atoms in total. The lowest BCUT2D eigenvalue weighted by atomic mass is 10.2. The van der Waals surface area contributed by atoms with Crippen molar-refractivity contribution in [1.29, 1.82) is 0 Å². The number of nitrogens with zero attached hydrogens (tertiary/aromatic N) is 1. The number of carbonyl (C=O) groups is 2. The Labute approximate surface area is 125 Å². The van der Waals surface area contributed by atoms with Crippen LogP contribution in [0.4, 0.5) is 4.79 Å². The van der Waals surface area contributed by atoms with Crippen LogP contribution in [0.25, 0.3) is 0 Å². The zero-order chi connectivity index (χ0) is 16.5. The molecule has 0 aromatic rings. The molecular formula is C12H25N3O5S. The van der Waals surface area contributed by atoms with E-state index in [1.54, 1.807) is 6.92 Å². The van der Waals surface area contributed by atoms with Crippen LogP contribution in [-0.2, 0) is 14.8 Å². The number of carboxylic acid groups (broad SMARTS) is 1. The first kappa shape index (κ1) is 19.7. The molecule has 0 unspecified atom stereocenters. The van der Waals surface area contributed by atoms with Gasteiger partial charge in [-0.3, -0.25) is 4.79 Å². The van der Waals surface area contributed by atoms with Gasteiger partial charge in [-0.25, -0.2) is 17.9 Å². The van der Waals surface area contributed by atoms with Crippen molar-refractivity contribution in [1.82, 2.24) is 14.9 Å². The normalized spacial score (nSPS) is 11.4. The predicted molar refractivity (Wildman–Crippen MR) is 79.6 cm³/mol. The maximum absolute atomic E-state index is 12.0. The van der Waals surface area contributed by atoms with Crippen molar-refractivity contribution in [2.24, 2.45) is 0 Å². The SMILES string of the molecule is CCNS(=O)(=O)CCNC(=O)N(CCCC(=O)O)C(C)C. The Morgan fingerprint density at radius 1 is 1.29 bits per heavy atom. The Morgan fingerprint density at radius 3 is 2.38 bits per heavy atom. The molecule has 2 amide bonds. The Kier molecular flexibility index (Phi) is 8.95. The van der Waals surface area contributed by atoms with Gasteiger partial charge in [0.1, 0.15) is 0 Å². The molecule has 0 aromatic heterocycles. The van der Waals surface area contributed by atoms with Gasteiger partial charge in [0.05, 0.1) is 5.75 Å². The molecule has 0 rings (SSSR count). The van der Waals surface area contributed by atoms with E-state index in [0.717, 1.165) is 0 Å². The summed E-state index contributed by atoms with van der Waals surface area (Å²) < 4.78 is 25.2. The molecule has 9 heteroatoms. The van der Waals surface area contributed by atoms with E-state index in [-0.39, 0.29) is 30.8 Å². The monoisotopic (exact) mass is 323 g/mol.